The van der Waals surface area contributed by atoms with Crippen molar-refractivity contribution < 1.29 is 4.39 Å². The first kappa shape index (κ1) is 23.4. The monoisotopic (exact) mass is 480 g/mol. The number of halogens is 1. The van der Waals surface area contributed by atoms with E-state index >= 15 is 0 Å². The predicted molar refractivity (Wildman–Crippen MR) is 134 cm³/mol. The quantitative estimate of drug-likeness (QED) is 0.117. The molecule has 0 radical (unpaired) electrons. The number of hydrazine groups is 1. The number of thiazole rings is 1. The van der Waals surface area contributed by atoms with Gasteiger partial charge in [-0.25, -0.2) is 20.2 Å². The zero-order chi connectivity index (χ0) is 23.9. The van der Waals surface area contributed by atoms with Gasteiger partial charge >= 0.3 is 0 Å². The molecule has 12 heteroatoms. The molecular formula is C22H25FN10S. The van der Waals surface area contributed by atoms with Crippen LogP contribution < -0.4 is 21.9 Å². The number of aromatic amines is 1. The molecule has 4 aromatic rings. The number of imidazole rings is 1. The Kier molecular flexibility index (Phi) is 7.52. The Morgan fingerprint density at radius 3 is 2.71 bits per heavy atom. The lowest BCUT2D eigenvalue weighted by molar-refractivity contribution is 0.602. The molecule has 176 valence electrons. The predicted octanol–water partition coefficient (Wildman–Crippen LogP) is 2.90. The lowest BCUT2D eigenvalue weighted by Gasteiger charge is -2.07. The van der Waals surface area contributed by atoms with Crippen LogP contribution >= 0.6 is 11.3 Å². The highest BCUT2D eigenvalue weighted by Gasteiger charge is 2.14. The van der Waals surface area contributed by atoms with Crippen molar-refractivity contribution in [2.24, 2.45) is 5.84 Å². The fourth-order valence-corrected chi connectivity index (χ4v) is 4.22. The minimum atomic E-state index is -0.390. The largest absolute Gasteiger partial charge is 0.362 e. The number of aromatic nitrogens is 6. The molecule has 0 bridgehead atoms. The number of nitrogens with two attached hydrogens (primary N) is 1. The van der Waals surface area contributed by atoms with Crippen molar-refractivity contribution in [1.82, 2.24) is 35.2 Å². The molecular weight excluding hydrogens is 455 g/mol. The first-order valence-corrected chi connectivity index (χ1v) is 11.4. The van der Waals surface area contributed by atoms with E-state index in [2.05, 4.69) is 59.1 Å². The van der Waals surface area contributed by atoms with Crippen LogP contribution in [-0.4, -0.2) is 43.0 Å². The maximum Gasteiger partial charge on any atom is 0.240 e. The highest BCUT2D eigenvalue weighted by molar-refractivity contribution is 7.18. The number of nitrogens with zero attached hydrogens (tertiary/aromatic N) is 5. The summed E-state index contributed by atoms with van der Waals surface area (Å²) in [7, 11) is 0. The number of nitrogen functional groups attached to an aromatic ring is 1. The summed E-state index contributed by atoms with van der Waals surface area (Å²) in [6, 6.07) is 2.91. The molecule has 0 atom stereocenters. The summed E-state index contributed by atoms with van der Waals surface area (Å²) in [6.45, 7) is 9.20. The third kappa shape index (κ3) is 5.42. The van der Waals surface area contributed by atoms with Crippen LogP contribution in [0.4, 0.5) is 16.2 Å². The number of rotatable bonds is 12. The maximum absolute atomic E-state index is 13.9. The Balaban J connectivity index is 1.37. The van der Waals surface area contributed by atoms with Gasteiger partial charge in [0.2, 0.25) is 5.95 Å². The molecule has 10 nitrogen and oxygen atoms in total. The average Bonchev–Trinajstić information content (AvgIpc) is 3.46. The smallest absolute Gasteiger partial charge is 0.240 e. The van der Waals surface area contributed by atoms with Gasteiger partial charge in [0.25, 0.3) is 0 Å². The zero-order valence-electron chi connectivity index (χ0n) is 18.4. The zero-order valence-corrected chi connectivity index (χ0v) is 19.3. The molecule has 0 saturated heterocycles. The van der Waals surface area contributed by atoms with Crippen LogP contribution in [-0.2, 0) is 19.4 Å². The van der Waals surface area contributed by atoms with Gasteiger partial charge in [-0.2, -0.15) is 9.97 Å². The normalized spacial score (nSPS) is 11.0. The van der Waals surface area contributed by atoms with E-state index in [4.69, 9.17) is 5.84 Å². The van der Waals surface area contributed by atoms with Crippen molar-refractivity contribution in [3.05, 3.63) is 65.2 Å². The van der Waals surface area contributed by atoms with Crippen LogP contribution in [0.2, 0.25) is 0 Å². The van der Waals surface area contributed by atoms with Crippen molar-refractivity contribution in [3.8, 4) is 0 Å². The minimum Gasteiger partial charge on any atom is -0.362 e. The van der Waals surface area contributed by atoms with E-state index in [1.807, 2.05) is 0 Å². The number of anilines is 2. The van der Waals surface area contributed by atoms with Crippen molar-refractivity contribution in [1.29, 1.82) is 0 Å². The molecule has 0 aliphatic carbocycles. The van der Waals surface area contributed by atoms with Crippen molar-refractivity contribution >= 4 is 45.6 Å². The highest BCUT2D eigenvalue weighted by atomic mass is 32.1. The van der Waals surface area contributed by atoms with Gasteiger partial charge in [-0.3, -0.25) is 10.4 Å². The molecule has 0 fully saturated rings. The van der Waals surface area contributed by atoms with Crippen LogP contribution in [0.3, 0.4) is 0 Å². The number of H-pyrrole nitrogens is 1. The molecule has 0 saturated carbocycles. The Labute approximate surface area is 199 Å². The van der Waals surface area contributed by atoms with Crippen LogP contribution in [0.1, 0.15) is 27.9 Å². The van der Waals surface area contributed by atoms with Gasteiger partial charge < -0.3 is 15.6 Å². The summed E-state index contributed by atoms with van der Waals surface area (Å²) in [4.78, 5) is 25.9. The van der Waals surface area contributed by atoms with E-state index in [1.54, 1.807) is 24.4 Å². The van der Waals surface area contributed by atoms with E-state index < -0.39 is 5.82 Å². The van der Waals surface area contributed by atoms with Crippen molar-refractivity contribution in [2.45, 2.75) is 19.4 Å². The van der Waals surface area contributed by atoms with E-state index in [0.717, 1.165) is 41.7 Å². The Bertz CT molecular complexity index is 1270. The SMILES string of the molecule is C=Cc1nc(CCNCCc2nc3c(NCc4ncccc4F)nc(NN)nc3s2)[nH]c1C=C. The maximum atomic E-state index is 13.9. The third-order valence-corrected chi connectivity index (χ3v) is 5.96. The minimum absolute atomic E-state index is 0.158. The first-order valence-electron chi connectivity index (χ1n) is 10.6. The van der Waals surface area contributed by atoms with E-state index in [1.165, 1.54) is 17.4 Å². The fraction of sp³-hybridized carbons (Fsp3) is 0.227. The van der Waals surface area contributed by atoms with E-state index in [-0.39, 0.29) is 18.2 Å². The van der Waals surface area contributed by atoms with E-state index in [0.29, 0.717) is 22.6 Å². The van der Waals surface area contributed by atoms with Gasteiger partial charge in [0.15, 0.2) is 10.6 Å². The molecule has 6 N–H and O–H groups in total. The third-order valence-electron chi connectivity index (χ3n) is 4.95. The standard InChI is InChI=1S/C22H25FN10S/c1-3-14-15(4-2)29-17(28-14)7-10-25-11-8-18-30-19-20(31-22(33-24)32-21(19)34-18)27-12-16-13(23)6-5-9-26-16/h3-6,9,25H,1-2,7-8,10-12,24H2,(H,28,29)(H2,27,31,32,33). The summed E-state index contributed by atoms with van der Waals surface area (Å²) in [5.74, 6) is 6.73. The number of hydrogen-bond donors (Lipinski definition) is 5. The van der Waals surface area contributed by atoms with Gasteiger partial charge in [0.1, 0.15) is 17.2 Å². The molecule has 34 heavy (non-hydrogen) atoms. The van der Waals surface area contributed by atoms with Crippen LogP contribution in [0.25, 0.3) is 22.5 Å². The molecule has 0 unspecified atom stereocenters. The number of hydrogen-bond acceptors (Lipinski definition) is 10. The van der Waals surface area contributed by atoms with Crippen molar-refractivity contribution in [2.75, 3.05) is 23.8 Å². The molecule has 4 rings (SSSR count). The second-order valence-corrected chi connectivity index (χ2v) is 8.29. The Morgan fingerprint density at radius 2 is 1.97 bits per heavy atom. The highest BCUT2D eigenvalue weighted by Crippen LogP contribution is 2.27. The second kappa shape index (κ2) is 10.9. The summed E-state index contributed by atoms with van der Waals surface area (Å²) in [5.41, 5.74) is 5.04. The summed E-state index contributed by atoms with van der Waals surface area (Å²) in [5, 5.41) is 7.40. The molecule has 4 heterocycles. The number of pyridine rings is 1. The van der Waals surface area contributed by atoms with Gasteiger partial charge in [-0.05, 0) is 24.3 Å². The molecule has 0 aromatic carbocycles. The van der Waals surface area contributed by atoms with Gasteiger partial charge in [-0.15, -0.1) is 0 Å². The fourth-order valence-electron chi connectivity index (χ4n) is 3.29. The molecule has 0 aliphatic rings. The first-order chi connectivity index (χ1) is 16.6. The molecule has 4 aromatic heterocycles. The van der Waals surface area contributed by atoms with E-state index in [9.17, 15) is 4.39 Å². The van der Waals surface area contributed by atoms with Crippen LogP contribution in [0.5, 0.6) is 0 Å². The van der Waals surface area contributed by atoms with Crippen LogP contribution in [0.15, 0.2) is 31.5 Å². The summed E-state index contributed by atoms with van der Waals surface area (Å²) >= 11 is 1.46. The van der Waals surface area contributed by atoms with Gasteiger partial charge in [0, 0.05) is 32.1 Å². The average molecular weight is 481 g/mol. The molecule has 0 aliphatic heterocycles. The summed E-state index contributed by atoms with van der Waals surface area (Å²) in [6.07, 6.45) is 6.46. The van der Waals surface area contributed by atoms with Gasteiger partial charge in [-0.1, -0.05) is 24.5 Å². The summed E-state index contributed by atoms with van der Waals surface area (Å²) < 4.78 is 13.9. The molecule has 0 spiro atoms. The topological polar surface area (TPSA) is 142 Å². The Hall–Kier alpha value is -3.74. The Morgan fingerprint density at radius 1 is 1.12 bits per heavy atom. The van der Waals surface area contributed by atoms with Gasteiger partial charge in [0.05, 0.1) is 28.6 Å². The molecule has 0 amide bonds. The van der Waals surface area contributed by atoms with Crippen molar-refractivity contribution in [3.63, 3.8) is 0 Å². The number of fused-ring (bicyclic) bond motifs is 1. The second-order valence-electron chi connectivity index (χ2n) is 7.23. The lowest BCUT2D eigenvalue weighted by atomic mass is 10.3. The van der Waals surface area contributed by atoms with Crippen LogP contribution in [0, 0.1) is 5.82 Å². The number of nitrogens with one attached hydrogen (secondary N) is 4. The lowest BCUT2D eigenvalue weighted by Crippen LogP contribution is -2.20.